The number of rotatable bonds is 5. The van der Waals surface area contributed by atoms with Crippen molar-refractivity contribution in [3.63, 3.8) is 0 Å². The van der Waals surface area contributed by atoms with Gasteiger partial charge >= 0.3 is 5.97 Å². The molecule has 3 aromatic carbocycles. The fourth-order valence-corrected chi connectivity index (χ4v) is 4.32. The lowest BCUT2D eigenvalue weighted by molar-refractivity contribution is 0.0696. The first-order valence-corrected chi connectivity index (χ1v) is 10.4. The van der Waals surface area contributed by atoms with Crippen molar-refractivity contribution in [1.29, 1.82) is 0 Å². The molecule has 0 unspecified atom stereocenters. The molecule has 4 aromatic rings. The molecule has 32 heavy (non-hydrogen) atoms. The number of primary amides is 1. The average Bonchev–Trinajstić information content (AvgIpc) is 3.07. The van der Waals surface area contributed by atoms with Crippen molar-refractivity contribution in [1.82, 2.24) is 9.55 Å². The Hall–Kier alpha value is -2.97. The molecule has 162 valence electrons. The molecule has 1 aromatic heterocycles. The Morgan fingerprint density at radius 2 is 1.53 bits per heavy atom. The van der Waals surface area contributed by atoms with E-state index in [9.17, 15) is 14.7 Å². The Balaban J connectivity index is 2.01. The maximum atomic E-state index is 11.6. The molecule has 4 rings (SSSR count). The number of hydrogen-bond acceptors (Lipinski definition) is 4. The Morgan fingerprint density at radius 3 is 2.09 bits per heavy atom. The number of amides is 1. The molecule has 0 aliphatic rings. The van der Waals surface area contributed by atoms with E-state index < -0.39 is 11.9 Å². The van der Waals surface area contributed by atoms with E-state index in [2.05, 4.69) is 10.3 Å². The molecule has 7 nitrogen and oxygen atoms in total. The van der Waals surface area contributed by atoms with E-state index in [-0.39, 0.29) is 27.1 Å². The number of nitrogens with zero attached hydrogens (tertiary/aromatic N) is 2. The molecule has 0 saturated heterocycles. The molecule has 0 aliphatic carbocycles. The number of halogens is 4. The molecule has 0 atom stereocenters. The van der Waals surface area contributed by atoms with Gasteiger partial charge in [-0.1, -0.05) is 52.5 Å². The number of carboxylic acids is 1. The first-order chi connectivity index (χ1) is 15.2. The van der Waals surface area contributed by atoms with Gasteiger partial charge in [-0.05, 0) is 42.5 Å². The summed E-state index contributed by atoms with van der Waals surface area (Å²) >= 11 is 25.5. The standard InChI is InChI=1S/C21H12Cl4N4O3/c22-11-2-1-3-12(23)17(11)28-21-27-15-8-9(20(31)32)4-5-16(15)29(21)18-13(24)6-10(19(26)30)7-14(18)25/h1-8H,(H2,26,30)(H,27,28)(H,31,32). The van der Waals surface area contributed by atoms with Gasteiger partial charge in [0.15, 0.2) is 0 Å². The van der Waals surface area contributed by atoms with Crippen molar-refractivity contribution in [2.24, 2.45) is 5.73 Å². The lowest BCUT2D eigenvalue weighted by Crippen LogP contribution is -2.12. The Kier molecular flexibility index (Phi) is 5.92. The number of benzene rings is 3. The summed E-state index contributed by atoms with van der Waals surface area (Å²) in [6, 6.07) is 12.2. The number of nitrogens with one attached hydrogen (secondary N) is 1. The lowest BCUT2D eigenvalue weighted by atomic mass is 10.1. The molecular weight excluding hydrogens is 498 g/mol. The average molecular weight is 510 g/mol. The van der Waals surface area contributed by atoms with Crippen molar-refractivity contribution >= 4 is 80.9 Å². The van der Waals surface area contributed by atoms with Gasteiger partial charge in [0.1, 0.15) is 0 Å². The van der Waals surface area contributed by atoms with Crippen LogP contribution in [0.25, 0.3) is 16.7 Å². The van der Waals surface area contributed by atoms with Gasteiger partial charge < -0.3 is 16.2 Å². The zero-order valence-corrected chi connectivity index (χ0v) is 18.9. The highest BCUT2D eigenvalue weighted by Gasteiger charge is 2.21. The molecule has 0 saturated carbocycles. The van der Waals surface area contributed by atoms with E-state index in [0.29, 0.717) is 32.5 Å². The highest BCUT2D eigenvalue weighted by Crippen LogP contribution is 2.38. The number of carbonyl (C=O) groups excluding carboxylic acids is 1. The summed E-state index contributed by atoms with van der Waals surface area (Å²) in [5, 5.41) is 13.3. The molecule has 0 spiro atoms. The molecule has 0 bridgehead atoms. The van der Waals surface area contributed by atoms with Crippen LogP contribution in [0.1, 0.15) is 20.7 Å². The van der Waals surface area contributed by atoms with Crippen LogP contribution in [0.4, 0.5) is 11.6 Å². The number of hydrogen-bond donors (Lipinski definition) is 3. The second kappa shape index (κ2) is 8.52. The third-order valence-electron chi connectivity index (χ3n) is 4.63. The van der Waals surface area contributed by atoms with E-state index in [0.717, 1.165) is 0 Å². The van der Waals surface area contributed by atoms with Crippen LogP contribution in [0.15, 0.2) is 48.5 Å². The van der Waals surface area contributed by atoms with Gasteiger partial charge in [-0.3, -0.25) is 9.36 Å². The van der Waals surface area contributed by atoms with Gasteiger partial charge in [-0.25, -0.2) is 9.78 Å². The predicted octanol–water partition coefficient (Wildman–Crippen LogP) is 6.18. The molecular formula is C21H12Cl4N4O3. The predicted molar refractivity (Wildman–Crippen MR) is 126 cm³/mol. The van der Waals surface area contributed by atoms with Crippen LogP contribution < -0.4 is 11.1 Å². The maximum absolute atomic E-state index is 11.6. The number of fused-ring (bicyclic) bond motifs is 1. The van der Waals surface area contributed by atoms with E-state index >= 15 is 0 Å². The van der Waals surface area contributed by atoms with Gasteiger partial charge in [0.25, 0.3) is 0 Å². The molecule has 0 aliphatic heterocycles. The van der Waals surface area contributed by atoms with E-state index in [1.54, 1.807) is 28.8 Å². The first kappa shape index (κ1) is 22.2. The minimum absolute atomic E-state index is 0.0470. The maximum Gasteiger partial charge on any atom is 0.335 e. The number of imidazole rings is 1. The van der Waals surface area contributed by atoms with E-state index in [1.807, 2.05) is 0 Å². The topological polar surface area (TPSA) is 110 Å². The number of para-hydroxylation sites is 1. The fraction of sp³-hybridized carbons (Fsp3) is 0. The van der Waals surface area contributed by atoms with Gasteiger partial charge in [-0.2, -0.15) is 0 Å². The molecule has 1 heterocycles. The Labute approximate surface area is 201 Å². The minimum Gasteiger partial charge on any atom is -0.478 e. The fourth-order valence-electron chi connectivity index (χ4n) is 3.17. The van der Waals surface area contributed by atoms with Crippen LogP contribution >= 0.6 is 46.4 Å². The lowest BCUT2D eigenvalue weighted by Gasteiger charge is -2.16. The van der Waals surface area contributed by atoms with Crippen molar-refractivity contribution in [3.8, 4) is 5.69 Å². The van der Waals surface area contributed by atoms with E-state index in [1.165, 1.54) is 24.3 Å². The van der Waals surface area contributed by atoms with Gasteiger partial charge in [0.2, 0.25) is 11.9 Å². The minimum atomic E-state index is -1.10. The summed E-state index contributed by atoms with van der Waals surface area (Å²) in [4.78, 5) is 27.5. The largest absolute Gasteiger partial charge is 0.478 e. The number of aromatic nitrogens is 2. The highest BCUT2D eigenvalue weighted by atomic mass is 35.5. The third-order valence-corrected chi connectivity index (χ3v) is 5.83. The van der Waals surface area contributed by atoms with E-state index in [4.69, 9.17) is 52.1 Å². The SMILES string of the molecule is NC(=O)c1cc(Cl)c(-n2c(Nc3c(Cl)cccc3Cl)nc3cc(C(=O)O)ccc32)c(Cl)c1. The number of carboxylic acid groups (broad SMARTS) is 1. The summed E-state index contributed by atoms with van der Waals surface area (Å²) in [6.45, 7) is 0. The van der Waals surface area contributed by atoms with Gasteiger partial charge in [0.05, 0.1) is 48.1 Å². The quantitative estimate of drug-likeness (QED) is 0.297. The monoisotopic (exact) mass is 508 g/mol. The van der Waals surface area contributed by atoms with Gasteiger partial charge in [-0.15, -0.1) is 0 Å². The smallest absolute Gasteiger partial charge is 0.335 e. The Bertz CT molecular complexity index is 1370. The molecule has 0 fully saturated rings. The second-order valence-electron chi connectivity index (χ2n) is 6.65. The summed E-state index contributed by atoms with van der Waals surface area (Å²) < 4.78 is 1.58. The summed E-state index contributed by atoms with van der Waals surface area (Å²) in [7, 11) is 0. The Morgan fingerprint density at radius 1 is 0.906 bits per heavy atom. The molecule has 11 heteroatoms. The van der Waals surface area contributed by atoms with Gasteiger partial charge in [0, 0.05) is 5.56 Å². The van der Waals surface area contributed by atoms with Crippen LogP contribution in [-0.4, -0.2) is 26.5 Å². The van der Waals surface area contributed by atoms with Crippen LogP contribution in [0.2, 0.25) is 20.1 Å². The zero-order valence-electron chi connectivity index (χ0n) is 15.9. The van der Waals surface area contributed by atoms with Crippen molar-refractivity contribution < 1.29 is 14.7 Å². The van der Waals surface area contributed by atoms with Crippen molar-refractivity contribution in [2.75, 3.05) is 5.32 Å². The van der Waals surface area contributed by atoms with Crippen molar-refractivity contribution in [3.05, 3.63) is 79.7 Å². The summed E-state index contributed by atoms with van der Waals surface area (Å²) in [5.41, 5.74) is 7.05. The van der Waals surface area contributed by atoms with Crippen LogP contribution in [0.3, 0.4) is 0 Å². The number of nitrogens with two attached hydrogens (primary N) is 1. The number of anilines is 2. The zero-order chi connectivity index (χ0) is 23.2. The van der Waals surface area contributed by atoms with Crippen LogP contribution in [-0.2, 0) is 0 Å². The normalized spacial score (nSPS) is 11.0. The second-order valence-corrected chi connectivity index (χ2v) is 8.28. The first-order valence-electron chi connectivity index (χ1n) is 8.93. The number of aromatic carboxylic acids is 1. The number of carbonyl (C=O) groups is 2. The highest BCUT2D eigenvalue weighted by molar-refractivity contribution is 6.39. The molecule has 1 amide bonds. The summed E-state index contributed by atoms with van der Waals surface area (Å²) in [6.07, 6.45) is 0. The molecule has 4 N–H and O–H groups in total. The van der Waals surface area contributed by atoms with Crippen LogP contribution in [0.5, 0.6) is 0 Å². The van der Waals surface area contributed by atoms with Crippen LogP contribution in [0, 0.1) is 0 Å². The van der Waals surface area contributed by atoms with Crippen molar-refractivity contribution in [2.45, 2.75) is 0 Å². The summed E-state index contributed by atoms with van der Waals surface area (Å²) in [5.74, 6) is -1.58. The molecule has 0 radical (unpaired) electrons. The third kappa shape index (κ3) is 3.96.